The van der Waals surface area contributed by atoms with Gasteiger partial charge in [0.25, 0.3) is 5.91 Å². The lowest BCUT2D eigenvalue weighted by Gasteiger charge is -2.35. The molecule has 134 valence electrons. The van der Waals surface area contributed by atoms with Crippen LogP contribution in [-0.2, 0) is 0 Å². The molecule has 0 aliphatic carbocycles. The van der Waals surface area contributed by atoms with Gasteiger partial charge in [-0.2, -0.15) is 0 Å². The topological polar surface area (TPSA) is 46.3 Å². The SMILES string of the molecule is Cl.NCC1CCCCN1C(=O)c1ccc(-c2ccc(F)cc2)cc1F. The average Bonchev–Trinajstić information content (AvgIpc) is 2.61. The summed E-state index contributed by atoms with van der Waals surface area (Å²) in [7, 11) is 0. The molecule has 0 spiro atoms. The van der Waals surface area contributed by atoms with E-state index in [4.69, 9.17) is 5.73 Å². The molecule has 0 bridgehead atoms. The molecule has 1 atom stereocenters. The van der Waals surface area contributed by atoms with E-state index in [9.17, 15) is 13.6 Å². The van der Waals surface area contributed by atoms with Gasteiger partial charge in [-0.05, 0) is 54.7 Å². The molecule has 0 aromatic heterocycles. The minimum Gasteiger partial charge on any atom is -0.334 e. The smallest absolute Gasteiger partial charge is 0.257 e. The first-order chi connectivity index (χ1) is 11.6. The second-order valence-electron chi connectivity index (χ2n) is 6.09. The second kappa shape index (κ2) is 8.41. The van der Waals surface area contributed by atoms with Crippen molar-refractivity contribution in [3.8, 4) is 11.1 Å². The van der Waals surface area contributed by atoms with E-state index in [-0.39, 0.29) is 35.7 Å². The highest BCUT2D eigenvalue weighted by Gasteiger charge is 2.28. The third-order valence-corrected chi connectivity index (χ3v) is 4.54. The van der Waals surface area contributed by atoms with Gasteiger partial charge < -0.3 is 10.6 Å². The van der Waals surface area contributed by atoms with Crippen LogP contribution in [0.15, 0.2) is 42.5 Å². The lowest BCUT2D eigenvalue weighted by atomic mass is 9.99. The third kappa shape index (κ3) is 4.17. The molecule has 1 heterocycles. The molecule has 2 aromatic rings. The standard InChI is InChI=1S/C19H20F2N2O.ClH/c20-15-7-4-13(5-8-15)14-6-9-17(18(21)11-14)19(24)23-10-2-1-3-16(23)12-22;/h4-9,11,16H,1-3,10,12,22H2;1H. The van der Waals surface area contributed by atoms with E-state index in [0.717, 1.165) is 19.3 Å². The number of hydrogen-bond donors (Lipinski definition) is 1. The summed E-state index contributed by atoms with van der Waals surface area (Å²) in [6.45, 7) is 1.00. The summed E-state index contributed by atoms with van der Waals surface area (Å²) in [4.78, 5) is 14.3. The molecule has 1 saturated heterocycles. The van der Waals surface area contributed by atoms with Crippen LogP contribution in [0.25, 0.3) is 11.1 Å². The molecule has 0 saturated carbocycles. The van der Waals surface area contributed by atoms with Gasteiger partial charge in [-0.3, -0.25) is 4.79 Å². The van der Waals surface area contributed by atoms with Crippen LogP contribution in [-0.4, -0.2) is 29.9 Å². The average molecular weight is 367 g/mol. The van der Waals surface area contributed by atoms with Gasteiger partial charge in [-0.15, -0.1) is 12.4 Å². The summed E-state index contributed by atoms with van der Waals surface area (Å²) in [5.41, 5.74) is 7.11. The summed E-state index contributed by atoms with van der Waals surface area (Å²) in [6, 6.07) is 10.3. The molecule has 1 aliphatic heterocycles. The Balaban J connectivity index is 0.00000225. The van der Waals surface area contributed by atoms with Gasteiger partial charge in [0.1, 0.15) is 11.6 Å². The fraction of sp³-hybridized carbons (Fsp3) is 0.316. The lowest BCUT2D eigenvalue weighted by molar-refractivity contribution is 0.0618. The van der Waals surface area contributed by atoms with Crippen molar-refractivity contribution in [3.63, 3.8) is 0 Å². The third-order valence-electron chi connectivity index (χ3n) is 4.54. The predicted molar refractivity (Wildman–Crippen MR) is 96.8 cm³/mol. The summed E-state index contributed by atoms with van der Waals surface area (Å²) >= 11 is 0. The van der Waals surface area contributed by atoms with E-state index in [1.165, 1.54) is 24.3 Å². The van der Waals surface area contributed by atoms with Gasteiger partial charge in [0.05, 0.1) is 5.56 Å². The van der Waals surface area contributed by atoms with Crippen molar-refractivity contribution in [1.82, 2.24) is 4.90 Å². The summed E-state index contributed by atoms with van der Waals surface area (Å²) in [5.74, 6) is -1.22. The van der Waals surface area contributed by atoms with Gasteiger partial charge in [0.2, 0.25) is 0 Å². The zero-order chi connectivity index (χ0) is 17.1. The highest BCUT2D eigenvalue weighted by atomic mass is 35.5. The van der Waals surface area contributed by atoms with E-state index >= 15 is 0 Å². The molecule has 2 aromatic carbocycles. The molecule has 1 amide bonds. The predicted octanol–water partition coefficient (Wildman–Crippen LogP) is 4.01. The van der Waals surface area contributed by atoms with Crippen LogP contribution < -0.4 is 5.73 Å². The fourth-order valence-corrected chi connectivity index (χ4v) is 3.18. The Bertz CT molecular complexity index is 737. The first-order valence-corrected chi connectivity index (χ1v) is 8.16. The molecule has 2 N–H and O–H groups in total. The molecule has 3 nitrogen and oxygen atoms in total. The Morgan fingerprint density at radius 3 is 2.40 bits per heavy atom. The van der Waals surface area contributed by atoms with Crippen molar-refractivity contribution in [2.75, 3.05) is 13.1 Å². The minimum absolute atomic E-state index is 0. The Morgan fingerprint density at radius 1 is 1.08 bits per heavy atom. The number of piperidine rings is 1. The van der Waals surface area contributed by atoms with Crippen molar-refractivity contribution in [3.05, 3.63) is 59.7 Å². The number of carbonyl (C=O) groups excluding carboxylic acids is 1. The Kier molecular flexibility index (Phi) is 6.51. The molecule has 25 heavy (non-hydrogen) atoms. The van der Waals surface area contributed by atoms with Crippen LogP contribution in [0.4, 0.5) is 8.78 Å². The van der Waals surface area contributed by atoms with Gasteiger partial charge in [0.15, 0.2) is 0 Å². The van der Waals surface area contributed by atoms with Gasteiger partial charge in [-0.1, -0.05) is 18.2 Å². The molecule has 3 rings (SSSR count). The van der Waals surface area contributed by atoms with Crippen LogP contribution in [0.1, 0.15) is 29.6 Å². The Labute approximate surface area is 152 Å². The van der Waals surface area contributed by atoms with Crippen molar-refractivity contribution in [1.29, 1.82) is 0 Å². The maximum atomic E-state index is 14.5. The highest BCUT2D eigenvalue weighted by Crippen LogP contribution is 2.25. The van der Waals surface area contributed by atoms with Crippen molar-refractivity contribution in [2.45, 2.75) is 25.3 Å². The zero-order valence-corrected chi connectivity index (χ0v) is 14.6. The molecule has 0 radical (unpaired) electrons. The van der Waals surface area contributed by atoms with Gasteiger partial charge in [-0.25, -0.2) is 8.78 Å². The lowest BCUT2D eigenvalue weighted by Crippen LogP contribution is -2.47. The van der Waals surface area contributed by atoms with Crippen molar-refractivity contribution < 1.29 is 13.6 Å². The van der Waals surface area contributed by atoms with E-state index < -0.39 is 5.82 Å². The number of likely N-dealkylation sites (tertiary alicyclic amines) is 1. The van der Waals surface area contributed by atoms with E-state index in [2.05, 4.69) is 0 Å². The zero-order valence-electron chi connectivity index (χ0n) is 13.8. The van der Waals surface area contributed by atoms with Crippen LogP contribution in [0.2, 0.25) is 0 Å². The number of carbonyl (C=O) groups is 1. The number of halogens is 3. The quantitative estimate of drug-likeness (QED) is 0.892. The maximum Gasteiger partial charge on any atom is 0.257 e. The molecule has 1 unspecified atom stereocenters. The molecular formula is C19H21ClF2N2O. The van der Waals surface area contributed by atoms with Crippen molar-refractivity contribution >= 4 is 18.3 Å². The highest BCUT2D eigenvalue weighted by molar-refractivity contribution is 5.95. The van der Waals surface area contributed by atoms with Crippen LogP contribution >= 0.6 is 12.4 Å². The largest absolute Gasteiger partial charge is 0.334 e. The Hall–Kier alpha value is -1.98. The number of nitrogens with zero attached hydrogens (tertiary/aromatic N) is 1. The van der Waals surface area contributed by atoms with Crippen LogP contribution in [0, 0.1) is 11.6 Å². The fourth-order valence-electron chi connectivity index (χ4n) is 3.18. The molecular weight excluding hydrogens is 346 g/mol. The Morgan fingerprint density at radius 2 is 1.76 bits per heavy atom. The first kappa shape index (κ1) is 19.3. The number of nitrogens with two attached hydrogens (primary N) is 1. The van der Waals surface area contributed by atoms with E-state index in [0.29, 0.717) is 24.2 Å². The molecule has 1 aliphatic rings. The summed E-state index contributed by atoms with van der Waals surface area (Å²) < 4.78 is 27.5. The van der Waals surface area contributed by atoms with Gasteiger partial charge >= 0.3 is 0 Å². The second-order valence-corrected chi connectivity index (χ2v) is 6.09. The minimum atomic E-state index is -0.567. The first-order valence-electron chi connectivity index (χ1n) is 8.16. The summed E-state index contributed by atoms with van der Waals surface area (Å²) in [5, 5.41) is 0. The summed E-state index contributed by atoms with van der Waals surface area (Å²) in [6.07, 6.45) is 2.81. The maximum absolute atomic E-state index is 14.5. The monoisotopic (exact) mass is 366 g/mol. The van der Waals surface area contributed by atoms with Gasteiger partial charge in [0, 0.05) is 19.1 Å². The van der Waals surface area contributed by atoms with Crippen LogP contribution in [0.5, 0.6) is 0 Å². The number of amides is 1. The normalized spacial score (nSPS) is 17.1. The molecule has 1 fully saturated rings. The van der Waals surface area contributed by atoms with Crippen molar-refractivity contribution in [2.24, 2.45) is 5.73 Å². The van der Waals surface area contributed by atoms with Crippen LogP contribution in [0.3, 0.4) is 0 Å². The van der Waals surface area contributed by atoms with E-state index in [1.54, 1.807) is 23.1 Å². The number of rotatable bonds is 3. The molecule has 6 heteroatoms. The number of benzene rings is 2. The number of hydrogen-bond acceptors (Lipinski definition) is 2. The van der Waals surface area contributed by atoms with E-state index in [1.807, 2.05) is 0 Å².